The van der Waals surface area contributed by atoms with Crippen LogP contribution in [0.2, 0.25) is 0 Å². The Labute approximate surface area is 87.3 Å². The van der Waals surface area contributed by atoms with Crippen LogP contribution in [0, 0.1) is 0 Å². The third-order valence-electron chi connectivity index (χ3n) is 3.04. The molecule has 5 nitrogen and oxygen atoms in total. The maximum atomic E-state index is 5.90. The standard InChI is InChI=1S/C10H13N5/c11-8-4-3-7(6-8)10-14-13-9-2-1-5-12-15(9)10/h1-2,5,7-8H,3-4,6,11H2. The molecule has 0 saturated heterocycles. The predicted octanol–water partition coefficient (Wildman–Crippen LogP) is 0.719. The first-order chi connectivity index (χ1) is 7.34. The SMILES string of the molecule is NC1CCC(c2nnc3cccnn23)C1. The van der Waals surface area contributed by atoms with Crippen molar-refractivity contribution in [2.24, 2.45) is 5.73 Å². The lowest BCUT2D eigenvalue weighted by Gasteiger charge is -2.05. The minimum atomic E-state index is 0.311. The van der Waals surface area contributed by atoms with E-state index < -0.39 is 0 Å². The fourth-order valence-corrected chi connectivity index (χ4v) is 2.27. The van der Waals surface area contributed by atoms with Crippen LogP contribution in [-0.4, -0.2) is 25.9 Å². The van der Waals surface area contributed by atoms with Crippen LogP contribution in [0.25, 0.3) is 5.65 Å². The maximum Gasteiger partial charge on any atom is 0.177 e. The molecule has 0 aliphatic heterocycles. The Hall–Kier alpha value is -1.49. The first-order valence-electron chi connectivity index (χ1n) is 5.26. The van der Waals surface area contributed by atoms with Crippen LogP contribution in [-0.2, 0) is 0 Å². The number of fused-ring (bicyclic) bond motifs is 1. The Morgan fingerprint density at radius 2 is 2.27 bits per heavy atom. The topological polar surface area (TPSA) is 69.1 Å². The van der Waals surface area contributed by atoms with E-state index in [0.29, 0.717) is 12.0 Å². The lowest BCUT2D eigenvalue weighted by molar-refractivity contribution is 0.621. The molecule has 2 aromatic heterocycles. The van der Waals surface area contributed by atoms with Crippen molar-refractivity contribution in [2.45, 2.75) is 31.2 Å². The Bertz CT molecular complexity index is 477. The zero-order valence-corrected chi connectivity index (χ0v) is 8.37. The van der Waals surface area contributed by atoms with E-state index in [1.165, 1.54) is 0 Å². The van der Waals surface area contributed by atoms with E-state index >= 15 is 0 Å². The second kappa shape index (κ2) is 3.27. The Morgan fingerprint density at radius 1 is 1.33 bits per heavy atom. The van der Waals surface area contributed by atoms with Crippen molar-refractivity contribution in [3.8, 4) is 0 Å². The molecule has 0 bridgehead atoms. The predicted molar refractivity (Wildman–Crippen MR) is 55.3 cm³/mol. The molecule has 0 spiro atoms. The minimum Gasteiger partial charge on any atom is -0.328 e. The molecule has 1 fully saturated rings. The molecule has 15 heavy (non-hydrogen) atoms. The van der Waals surface area contributed by atoms with Gasteiger partial charge in [-0.3, -0.25) is 0 Å². The molecule has 2 atom stereocenters. The normalized spacial score (nSPS) is 26.2. The van der Waals surface area contributed by atoms with Gasteiger partial charge in [-0.05, 0) is 31.4 Å². The largest absolute Gasteiger partial charge is 0.328 e. The summed E-state index contributed by atoms with van der Waals surface area (Å²) in [4.78, 5) is 0. The molecular formula is C10H13N5. The van der Waals surface area contributed by atoms with Crippen molar-refractivity contribution in [3.05, 3.63) is 24.2 Å². The molecule has 1 aliphatic carbocycles. The summed E-state index contributed by atoms with van der Waals surface area (Å²) < 4.78 is 1.82. The van der Waals surface area contributed by atoms with Gasteiger partial charge in [-0.1, -0.05) is 0 Å². The number of hydrogen-bond donors (Lipinski definition) is 1. The Balaban J connectivity index is 2.04. The van der Waals surface area contributed by atoms with Crippen LogP contribution in [0.15, 0.2) is 18.3 Å². The number of hydrogen-bond acceptors (Lipinski definition) is 4. The van der Waals surface area contributed by atoms with Crippen LogP contribution >= 0.6 is 0 Å². The fourth-order valence-electron chi connectivity index (χ4n) is 2.27. The third kappa shape index (κ3) is 1.39. The van der Waals surface area contributed by atoms with E-state index in [-0.39, 0.29) is 0 Å². The highest BCUT2D eigenvalue weighted by atomic mass is 15.4. The van der Waals surface area contributed by atoms with Crippen LogP contribution in [0.3, 0.4) is 0 Å². The second-order valence-electron chi connectivity index (χ2n) is 4.12. The lowest BCUT2D eigenvalue weighted by Crippen LogP contribution is -2.15. The molecule has 5 heteroatoms. The zero-order valence-electron chi connectivity index (χ0n) is 8.37. The van der Waals surface area contributed by atoms with Crippen molar-refractivity contribution in [1.29, 1.82) is 0 Å². The molecule has 2 heterocycles. The van der Waals surface area contributed by atoms with Crippen LogP contribution < -0.4 is 5.73 Å². The Morgan fingerprint density at radius 3 is 3.07 bits per heavy atom. The van der Waals surface area contributed by atoms with Crippen molar-refractivity contribution in [1.82, 2.24) is 19.8 Å². The minimum absolute atomic E-state index is 0.311. The third-order valence-corrected chi connectivity index (χ3v) is 3.04. The van der Waals surface area contributed by atoms with Crippen LogP contribution in [0.1, 0.15) is 31.0 Å². The molecule has 0 radical (unpaired) electrons. The van der Waals surface area contributed by atoms with Gasteiger partial charge < -0.3 is 5.73 Å². The summed E-state index contributed by atoms with van der Waals surface area (Å²) in [5.41, 5.74) is 6.71. The molecule has 2 N–H and O–H groups in total. The summed E-state index contributed by atoms with van der Waals surface area (Å²) >= 11 is 0. The van der Waals surface area contributed by atoms with Gasteiger partial charge in [0.25, 0.3) is 0 Å². The van der Waals surface area contributed by atoms with E-state index in [0.717, 1.165) is 30.7 Å². The molecule has 2 unspecified atom stereocenters. The van der Waals surface area contributed by atoms with Gasteiger partial charge in [-0.15, -0.1) is 10.2 Å². The molecule has 2 aromatic rings. The van der Waals surface area contributed by atoms with E-state index in [4.69, 9.17) is 5.73 Å². The summed E-state index contributed by atoms with van der Waals surface area (Å²) in [6.45, 7) is 0. The Kier molecular flexibility index (Phi) is 1.92. The smallest absolute Gasteiger partial charge is 0.177 e. The van der Waals surface area contributed by atoms with Gasteiger partial charge in [0.1, 0.15) is 0 Å². The summed E-state index contributed by atoms with van der Waals surface area (Å²) in [5, 5.41) is 12.6. The van der Waals surface area contributed by atoms with E-state index in [2.05, 4.69) is 15.3 Å². The first kappa shape index (κ1) is 8.79. The van der Waals surface area contributed by atoms with Crippen molar-refractivity contribution in [2.75, 3.05) is 0 Å². The van der Waals surface area contributed by atoms with Gasteiger partial charge >= 0.3 is 0 Å². The molecule has 0 amide bonds. The van der Waals surface area contributed by atoms with E-state index in [1.807, 2.05) is 16.6 Å². The maximum absolute atomic E-state index is 5.90. The number of nitrogens with two attached hydrogens (primary N) is 1. The summed E-state index contributed by atoms with van der Waals surface area (Å²) in [6.07, 6.45) is 4.93. The van der Waals surface area contributed by atoms with Gasteiger partial charge in [0.05, 0.1) is 0 Å². The summed E-state index contributed by atoms with van der Waals surface area (Å²) in [5.74, 6) is 1.38. The van der Waals surface area contributed by atoms with Crippen LogP contribution in [0.5, 0.6) is 0 Å². The number of nitrogens with zero attached hydrogens (tertiary/aromatic N) is 4. The fraction of sp³-hybridized carbons (Fsp3) is 0.500. The van der Waals surface area contributed by atoms with E-state index in [9.17, 15) is 0 Å². The van der Waals surface area contributed by atoms with E-state index in [1.54, 1.807) is 6.20 Å². The van der Waals surface area contributed by atoms with Gasteiger partial charge in [-0.25, -0.2) is 0 Å². The first-order valence-corrected chi connectivity index (χ1v) is 5.26. The van der Waals surface area contributed by atoms with Gasteiger partial charge in [0.15, 0.2) is 11.5 Å². The van der Waals surface area contributed by atoms with Crippen molar-refractivity contribution in [3.63, 3.8) is 0 Å². The quantitative estimate of drug-likeness (QED) is 0.741. The average molecular weight is 203 g/mol. The molecular weight excluding hydrogens is 190 g/mol. The molecule has 1 saturated carbocycles. The van der Waals surface area contributed by atoms with Gasteiger partial charge in [-0.2, -0.15) is 9.61 Å². The van der Waals surface area contributed by atoms with Gasteiger partial charge in [0.2, 0.25) is 0 Å². The second-order valence-corrected chi connectivity index (χ2v) is 4.12. The molecule has 78 valence electrons. The lowest BCUT2D eigenvalue weighted by atomic mass is 10.1. The number of aromatic nitrogens is 4. The highest BCUT2D eigenvalue weighted by Gasteiger charge is 2.27. The molecule has 0 aromatic carbocycles. The average Bonchev–Trinajstić information content (AvgIpc) is 2.83. The highest BCUT2D eigenvalue weighted by Crippen LogP contribution is 2.32. The molecule has 3 rings (SSSR count). The highest BCUT2D eigenvalue weighted by molar-refractivity contribution is 5.35. The zero-order chi connectivity index (χ0) is 10.3. The number of rotatable bonds is 1. The van der Waals surface area contributed by atoms with Crippen molar-refractivity contribution >= 4 is 5.65 Å². The van der Waals surface area contributed by atoms with Crippen molar-refractivity contribution < 1.29 is 0 Å². The monoisotopic (exact) mass is 203 g/mol. The van der Waals surface area contributed by atoms with Gasteiger partial charge in [0, 0.05) is 18.2 Å². The summed E-state index contributed by atoms with van der Waals surface area (Å²) in [6, 6.07) is 4.10. The molecule has 1 aliphatic rings. The summed E-state index contributed by atoms with van der Waals surface area (Å²) in [7, 11) is 0. The van der Waals surface area contributed by atoms with Crippen LogP contribution in [0.4, 0.5) is 0 Å².